The molecule has 0 aromatic carbocycles. The molecule has 1 unspecified atom stereocenters. The van der Waals surface area contributed by atoms with Crippen LogP contribution in [-0.2, 0) is 13.2 Å². The number of thiophene rings is 1. The molecule has 0 radical (unpaired) electrons. The van der Waals surface area contributed by atoms with Crippen LogP contribution in [0.3, 0.4) is 0 Å². The minimum Gasteiger partial charge on any atom is -0.379 e. The number of rotatable bonds is 2. The van der Waals surface area contributed by atoms with E-state index in [4.69, 9.17) is 5.11 Å². The van der Waals surface area contributed by atoms with Gasteiger partial charge in [-0.05, 0) is 18.2 Å². The molecular formula is C11H8F6N2OS. The lowest BCUT2D eigenvalue weighted by Crippen LogP contribution is -2.18. The molecule has 0 saturated heterocycles. The summed E-state index contributed by atoms with van der Waals surface area (Å²) in [5, 5.41) is 12.7. The number of aromatic nitrogens is 2. The van der Waals surface area contributed by atoms with E-state index in [-0.39, 0.29) is 10.6 Å². The third kappa shape index (κ3) is 3.21. The molecule has 10 heteroatoms. The molecule has 116 valence electrons. The SMILES string of the molecule is Cn1nc(-c2ccc(C(O)C(F)(F)F)s2)cc1C(F)(F)F. The molecule has 0 aliphatic heterocycles. The standard InChI is InChI=1S/C11H8F6N2OS/c1-19-8(10(12,13)14)4-5(18-19)6-2-3-7(21-6)9(20)11(15,16)17/h2-4,9,20H,1H3. The minimum atomic E-state index is -4.83. The largest absolute Gasteiger partial charge is 0.433 e. The smallest absolute Gasteiger partial charge is 0.379 e. The molecule has 2 aromatic rings. The fourth-order valence-electron chi connectivity index (χ4n) is 1.65. The van der Waals surface area contributed by atoms with Crippen molar-refractivity contribution >= 4 is 11.3 Å². The first-order valence-corrected chi connectivity index (χ1v) is 6.28. The van der Waals surface area contributed by atoms with Gasteiger partial charge < -0.3 is 5.11 Å². The monoisotopic (exact) mass is 330 g/mol. The molecule has 1 atom stereocenters. The van der Waals surface area contributed by atoms with Crippen LogP contribution in [0.4, 0.5) is 26.3 Å². The van der Waals surface area contributed by atoms with Gasteiger partial charge in [-0.25, -0.2) is 0 Å². The van der Waals surface area contributed by atoms with E-state index in [1.807, 2.05) is 0 Å². The maximum Gasteiger partial charge on any atom is 0.433 e. The molecule has 2 rings (SSSR count). The van der Waals surface area contributed by atoms with E-state index in [0.29, 0.717) is 16.0 Å². The Morgan fingerprint density at radius 2 is 1.81 bits per heavy atom. The number of alkyl halides is 6. The first-order valence-electron chi connectivity index (χ1n) is 5.46. The maximum atomic E-state index is 12.6. The Hall–Kier alpha value is -1.55. The van der Waals surface area contributed by atoms with Gasteiger partial charge in [0.15, 0.2) is 6.10 Å². The number of hydrogen-bond donors (Lipinski definition) is 1. The Morgan fingerprint density at radius 3 is 2.29 bits per heavy atom. The molecule has 0 bridgehead atoms. The summed E-state index contributed by atoms with van der Waals surface area (Å²) in [5.74, 6) is 0. The van der Waals surface area contributed by atoms with Gasteiger partial charge in [0.2, 0.25) is 0 Å². The summed E-state index contributed by atoms with van der Waals surface area (Å²) in [5.41, 5.74) is -1.11. The zero-order valence-corrected chi connectivity index (χ0v) is 11.1. The average Bonchev–Trinajstić information content (AvgIpc) is 2.91. The normalized spacial score (nSPS) is 14.5. The summed E-state index contributed by atoms with van der Waals surface area (Å²) in [7, 11) is 1.09. The number of nitrogens with zero attached hydrogens (tertiary/aromatic N) is 2. The lowest BCUT2D eigenvalue weighted by molar-refractivity contribution is -0.205. The quantitative estimate of drug-likeness (QED) is 0.852. The van der Waals surface area contributed by atoms with Crippen LogP contribution in [0.1, 0.15) is 16.7 Å². The number of aryl methyl sites for hydroxylation is 1. The van der Waals surface area contributed by atoms with Gasteiger partial charge >= 0.3 is 12.4 Å². The summed E-state index contributed by atoms with van der Waals surface area (Å²) < 4.78 is 75.5. The molecule has 1 N–H and O–H groups in total. The highest BCUT2D eigenvalue weighted by Crippen LogP contribution is 2.39. The lowest BCUT2D eigenvalue weighted by atomic mass is 10.2. The van der Waals surface area contributed by atoms with Crippen molar-refractivity contribution in [2.24, 2.45) is 7.05 Å². The molecule has 0 saturated carbocycles. The highest BCUT2D eigenvalue weighted by atomic mass is 32.1. The number of aliphatic hydroxyl groups is 1. The Balaban J connectivity index is 2.35. The molecule has 2 heterocycles. The number of aliphatic hydroxyl groups excluding tert-OH is 1. The fraction of sp³-hybridized carbons (Fsp3) is 0.364. The summed E-state index contributed by atoms with van der Waals surface area (Å²) in [6.45, 7) is 0. The molecule has 21 heavy (non-hydrogen) atoms. The third-order valence-corrected chi connectivity index (χ3v) is 3.79. The van der Waals surface area contributed by atoms with Gasteiger partial charge in [0, 0.05) is 11.9 Å². The fourth-order valence-corrected chi connectivity index (χ4v) is 2.63. The van der Waals surface area contributed by atoms with Crippen molar-refractivity contribution in [2.75, 3.05) is 0 Å². The van der Waals surface area contributed by atoms with Crippen LogP contribution in [0.15, 0.2) is 18.2 Å². The van der Waals surface area contributed by atoms with E-state index >= 15 is 0 Å². The van der Waals surface area contributed by atoms with Crippen molar-refractivity contribution in [3.8, 4) is 10.6 Å². The van der Waals surface area contributed by atoms with Gasteiger partial charge in [0.05, 0.1) is 4.88 Å². The van der Waals surface area contributed by atoms with Crippen LogP contribution in [0, 0.1) is 0 Å². The maximum absolute atomic E-state index is 12.6. The van der Waals surface area contributed by atoms with Crippen LogP contribution in [0.25, 0.3) is 10.6 Å². The third-order valence-electron chi connectivity index (χ3n) is 2.63. The second kappa shape index (κ2) is 5.02. The molecule has 0 aliphatic rings. The van der Waals surface area contributed by atoms with Crippen LogP contribution < -0.4 is 0 Å². The highest BCUT2D eigenvalue weighted by Gasteiger charge is 2.40. The van der Waals surface area contributed by atoms with E-state index in [0.717, 1.165) is 19.2 Å². The van der Waals surface area contributed by atoms with E-state index in [2.05, 4.69) is 5.10 Å². The minimum absolute atomic E-state index is 0.101. The van der Waals surface area contributed by atoms with Crippen molar-refractivity contribution < 1.29 is 31.4 Å². The summed E-state index contributed by atoms with van der Waals surface area (Å²) in [6.07, 6.45) is -12.1. The van der Waals surface area contributed by atoms with Crippen molar-refractivity contribution in [3.05, 3.63) is 28.8 Å². The summed E-state index contributed by atoms with van der Waals surface area (Å²) in [6, 6.07) is 2.95. The van der Waals surface area contributed by atoms with Gasteiger partial charge in [-0.3, -0.25) is 4.68 Å². The summed E-state index contributed by atoms with van der Waals surface area (Å²) in [4.78, 5) is -0.295. The predicted octanol–water partition coefficient (Wildman–Crippen LogP) is 3.76. The molecule has 0 amide bonds. The van der Waals surface area contributed by atoms with Gasteiger partial charge in [-0.2, -0.15) is 31.4 Å². The Bertz CT molecular complexity index is 642. The van der Waals surface area contributed by atoms with Crippen LogP contribution in [0.5, 0.6) is 0 Å². The zero-order valence-electron chi connectivity index (χ0n) is 10.3. The number of halogens is 6. The molecule has 0 aliphatic carbocycles. The Labute approximate surface area is 118 Å². The zero-order chi connectivity index (χ0) is 16.0. The molecule has 0 fully saturated rings. The number of hydrogen-bond acceptors (Lipinski definition) is 3. The average molecular weight is 330 g/mol. The van der Waals surface area contributed by atoms with Gasteiger partial charge in [-0.15, -0.1) is 11.3 Å². The van der Waals surface area contributed by atoms with Gasteiger partial charge in [-0.1, -0.05) is 0 Å². The van der Waals surface area contributed by atoms with Gasteiger partial charge in [0.1, 0.15) is 11.4 Å². The molecular weight excluding hydrogens is 322 g/mol. The van der Waals surface area contributed by atoms with Gasteiger partial charge in [0.25, 0.3) is 0 Å². The Kier molecular flexibility index (Phi) is 3.79. The van der Waals surface area contributed by atoms with Crippen molar-refractivity contribution in [2.45, 2.75) is 18.5 Å². The van der Waals surface area contributed by atoms with Crippen LogP contribution in [0.2, 0.25) is 0 Å². The second-order valence-corrected chi connectivity index (χ2v) is 5.30. The lowest BCUT2D eigenvalue weighted by Gasteiger charge is -2.11. The predicted molar refractivity (Wildman–Crippen MR) is 62.5 cm³/mol. The van der Waals surface area contributed by atoms with E-state index in [1.165, 1.54) is 6.07 Å². The molecule has 0 spiro atoms. The first-order chi connectivity index (χ1) is 9.50. The Morgan fingerprint density at radius 1 is 1.19 bits per heavy atom. The van der Waals surface area contributed by atoms with Crippen molar-refractivity contribution in [1.82, 2.24) is 9.78 Å². The summed E-state index contributed by atoms with van der Waals surface area (Å²) >= 11 is 0.540. The first kappa shape index (κ1) is 15.8. The second-order valence-electron chi connectivity index (χ2n) is 4.18. The van der Waals surface area contributed by atoms with Crippen molar-refractivity contribution in [1.29, 1.82) is 0 Å². The molecule has 2 aromatic heterocycles. The molecule has 3 nitrogen and oxygen atoms in total. The highest BCUT2D eigenvalue weighted by molar-refractivity contribution is 7.15. The topological polar surface area (TPSA) is 38.0 Å². The van der Waals surface area contributed by atoms with Crippen molar-refractivity contribution in [3.63, 3.8) is 0 Å². The van der Waals surface area contributed by atoms with E-state index in [9.17, 15) is 26.3 Å². The van der Waals surface area contributed by atoms with E-state index < -0.39 is 29.0 Å². The van der Waals surface area contributed by atoms with Crippen LogP contribution >= 0.6 is 11.3 Å². The van der Waals surface area contributed by atoms with Crippen LogP contribution in [-0.4, -0.2) is 21.1 Å². The van der Waals surface area contributed by atoms with E-state index in [1.54, 1.807) is 0 Å².